The second kappa shape index (κ2) is 7.11. The Morgan fingerprint density at radius 3 is 2.24 bits per heavy atom. The number of hydrogen-bond donors (Lipinski definition) is 1. The Labute approximate surface area is 125 Å². The van der Waals surface area contributed by atoms with Crippen molar-refractivity contribution in [2.75, 3.05) is 13.2 Å². The third kappa shape index (κ3) is 4.20. The minimum atomic E-state index is -4.63. The van der Waals surface area contributed by atoms with Gasteiger partial charge in [0, 0.05) is 5.56 Å². The molecule has 0 unspecified atom stereocenters. The average Bonchev–Trinajstić information content (AvgIpc) is 2.37. The molecule has 2 N–H and O–H groups in total. The molecule has 9 heteroatoms. The largest absolute Gasteiger partial charge is 0.417 e. The summed E-state index contributed by atoms with van der Waals surface area (Å²) in [6.45, 7) is 3.24. The highest BCUT2D eigenvalue weighted by Gasteiger charge is 2.39. The van der Waals surface area contributed by atoms with Gasteiger partial charge >= 0.3 is 13.8 Å². The first-order valence-electron chi connectivity index (χ1n) is 6.17. The Morgan fingerprint density at radius 1 is 1.29 bits per heavy atom. The average molecular weight is 346 g/mol. The second-order valence-corrected chi connectivity index (χ2v) is 6.56. The van der Waals surface area contributed by atoms with E-state index in [9.17, 15) is 17.7 Å². The van der Waals surface area contributed by atoms with Crippen molar-refractivity contribution in [2.45, 2.75) is 25.8 Å². The van der Waals surface area contributed by atoms with Gasteiger partial charge in [-0.1, -0.05) is 23.7 Å². The Bertz CT molecular complexity index is 529. The van der Waals surface area contributed by atoms with E-state index in [4.69, 9.17) is 26.4 Å². The summed E-state index contributed by atoms with van der Waals surface area (Å²) in [5.41, 5.74) is 4.62. The van der Waals surface area contributed by atoms with E-state index in [2.05, 4.69) is 0 Å². The smallest absolute Gasteiger partial charge is 0.314 e. The minimum absolute atomic E-state index is 0.0432. The van der Waals surface area contributed by atoms with Crippen molar-refractivity contribution in [3.63, 3.8) is 0 Å². The van der Waals surface area contributed by atoms with Gasteiger partial charge in [0.15, 0.2) is 0 Å². The van der Waals surface area contributed by atoms with Crippen LogP contribution in [0.4, 0.5) is 13.2 Å². The van der Waals surface area contributed by atoms with E-state index >= 15 is 0 Å². The van der Waals surface area contributed by atoms with Gasteiger partial charge in [0.25, 0.3) is 0 Å². The van der Waals surface area contributed by atoms with Crippen LogP contribution in [-0.4, -0.2) is 13.2 Å². The highest BCUT2D eigenvalue weighted by atomic mass is 35.5. The van der Waals surface area contributed by atoms with Gasteiger partial charge in [-0.05, 0) is 19.9 Å². The Kier molecular flexibility index (Phi) is 6.25. The summed E-state index contributed by atoms with van der Waals surface area (Å²) in [6, 6.07) is 3.24. The Hall–Kier alpha value is -0.590. The van der Waals surface area contributed by atoms with E-state index in [0.717, 1.165) is 12.1 Å². The fraction of sp³-hybridized carbons (Fsp3) is 0.500. The third-order valence-electron chi connectivity index (χ3n) is 2.61. The summed E-state index contributed by atoms with van der Waals surface area (Å²) >= 11 is 5.76. The summed E-state index contributed by atoms with van der Waals surface area (Å²) in [7, 11) is -3.81. The van der Waals surface area contributed by atoms with Crippen LogP contribution in [0, 0.1) is 0 Å². The van der Waals surface area contributed by atoms with Gasteiger partial charge < -0.3 is 14.8 Å². The van der Waals surface area contributed by atoms with Crippen LogP contribution < -0.4 is 5.73 Å². The normalized spacial score (nSPS) is 14.2. The zero-order chi connectivity index (χ0) is 16.3. The molecule has 0 saturated carbocycles. The maximum atomic E-state index is 12.8. The standard InChI is InChI=1S/C12H16ClF3NO3P/c1-3-19-21(18,20-4-2)11(17)8-6-5-7-9(10(8)13)12(14,15)16/h5-7,11H,3-4,17H2,1-2H3/t11-/m1/s1. The molecule has 0 spiro atoms. The monoisotopic (exact) mass is 345 g/mol. The van der Waals surface area contributed by atoms with Crippen LogP contribution in [0.25, 0.3) is 0 Å². The SMILES string of the molecule is CCOP(=O)(OCC)[C@@H](N)c1cccc(C(F)(F)F)c1Cl. The molecule has 4 nitrogen and oxygen atoms in total. The van der Waals surface area contributed by atoms with Crippen molar-refractivity contribution in [1.29, 1.82) is 0 Å². The molecule has 0 aliphatic rings. The molecule has 0 fully saturated rings. The number of nitrogens with two attached hydrogens (primary N) is 1. The number of hydrogen-bond acceptors (Lipinski definition) is 4. The molecule has 0 aromatic heterocycles. The van der Waals surface area contributed by atoms with Gasteiger partial charge in [0.1, 0.15) is 5.78 Å². The van der Waals surface area contributed by atoms with Crippen LogP contribution in [0.3, 0.4) is 0 Å². The summed E-state index contributed by atoms with van der Waals surface area (Å²) in [5, 5.41) is -0.600. The summed E-state index contributed by atoms with van der Waals surface area (Å²) in [5.74, 6) is -1.40. The molecule has 0 bridgehead atoms. The van der Waals surface area contributed by atoms with Crippen LogP contribution in [-0.2, 0) is 19.8 Å². The van der Waals surface area contributed by atoms with Crippen molar-refractivity contribution >= 4 is 19.2 Å². The van der Waals surface area contributed by atoms with Crippen LogP contribution in [0.1, 0.15) is 30.8 Å². The molecular weight excluding hydrogens is 330 g/mol. The zero-order valence-corrected chi connectivity index (χ0v) is 13.1. The summed E-state index contributed by atoms with van der Waals surface area (Å²) in [6.07, 6.45) is -4.63. The van der Waals surface area contributed by atoms with E-state index < -0.39 is 30.1 Å². The van der Waals surface area contributed by atoms with E-state index in [0.29, 0.717) is 0 Å². The highest BCUT2D eigenvalue weighted by molar-refractivity contribution is 7.54. The minimum Gasteiger partial charge on any atom is -0.314 e. The topological polar surface area (TPSA) is 61.5 Å². The Morgan fingerprint density at radius 2 is 1.81 bits per heavy atom. The van der Waals surface area contributed by atoms with Crippen molar-refractivity contribution in [3.8, 4) is 0 Å². The molecule has 120 valence electrons. The molecule has 0 amide bonds. The van der Waals surface area contributed by atoms with Crippen molar-refractivity contribution < 1.29 is 26.8 Å². The lowest BCUT2D eigenvalue weighted by atomic mass is 10.1. The first-order chi connectivity index (χ1) is 9.67. The molecule has 0 aliphatic heterocycles. The fourth-order valence-corrected chi connectivity index (χ4v) is 3.82. The predicted octanol–water partition coefficient (Wildman–Crippen LogP) is 4.58. The van der Waals surface area contributed by atoms with Crippen molar-refractivity contribution in [3.05, 3.63) is 34.3 Å². The van der Waals surface area contributed by atoms with Crippen molar-refractivity contribution in [2.24, 2.45) is 5.73 Å². The first kappa shape index (κ1) is 18.5. The lowest BCUT2D eigenvalue weighted by Gasteiger charge is -2.25. The third-order valence-corrected chi connectivity index (χ3v) is 5.23. The number of benzene rings is 1. The molecule has 0 aliphatic carbocycles. The molecule has 21 heavy (non-hydrogen) atoms. The molecular formula is C12H16ClF3NO3P. The lowest BCUT2D eigenvalue weighted by molar-refractivity contribution is -0.137. The Balaban J connectivity index is 3.29. The van der Waals surface area contributed by atoms with Gasteiger partial charge in [-0.3, -0.25) is 4.57 Å². The van der Waals surface area contributed by atoms with E-state index in [1.165, 1.54) is 6.07 Å². The molecule has 1 atom stereocenters. The number of rotatable bonds is 6. The second-order valence-electron chi connectivity index (χ2n) is 4.03. The highest BCUT2D eigenvalue weighted by Crippen LogP contribution is 2.59. The van der Waals surface area contributed by atoms with Gasteiger partial charge in [-0.25, -0.2) is 0 Å². The van der Waals surface area contributed by atoms with Gasteiger partial charge in [-0.2, -0.15) is 13.2 Å². The van der Waals surface area contributed by atoms with Crippen molar-refractivity contribution in [1.82, 2.24) is 0 Å². The van der Waals surface area contributed by atoms with Crippen LogP contribution in [0.15, 0.2) is 18.2 Å². The fourth-order valence-electron chi connectivity index (χ4n) is 1.73. The molecule has 0 heterocycles. The predicted molar refractivity (Wildman–Crippen MR) is 74.2 cm³/mol. The van der Waals surface area contributed by atoms with E-state index in [1.807, 2.05) is 0 Å². The molecule has 0 saturated heterocycles. The van der Waals surface area contributed by atoms with Crippen LogP contribution in [0.5, 0.6) is 0 Å². The van der Waals surface area contributed by atoms with E-state index in [-0.39, 0.29) is 18.8 Å². The number of alkyl halides is 3. The molecule has 1 rings (SSSR count). The molecule has 1 aromatic carbocycles. The van der Waals surface area contributed by atoms with Gasteiger partial charge in [-0.15, -0.1) is 0 Å². The lowest BCUT2D eigenvalue weighted by Crippen LogP contribution is -2.17. The van der Waals surface area contributed by atoms with E-state index in [1.54, 1.807) is 13.8 Å². The summed E-state index contributed by atoms with van der Waals surface area (Å²) < 4.78 is 61.1. The molecule has 1 aromatic rings. The maximum Gasteiger partial charge on any atom is 0.417 e. The summed E-state index contributed by atoms with van der Waals surface area (Å²) in [4.78, 5) is 0. The van der Waals surface area contributed by atoms with Gasteiger partial charge in [0.2, 0.25) is 0 Å². The quantitative estimate of drug-likeness (QED) is 0.766. The molecule has 0 radical (unpaired) electrons. The van der Waals surface area contributed by atoms with Crippen LogP contribution in [0.2, 0.25) is 5.02 Å². The van der Waals surface area contributed by atoms with Gasteiger partial charge in [0.05, 0.1) is 23.8 Å². The maximum absolute atomic E-state index is 12.8. The zero-order valence-electron chi connectivity index (χ0n) is 11.5. The number of halogens is 4. The first-order valence-corrected chi connectivity index (χ1v) is 8.16. The van der Waals surface area contributed by atoms with Crippen LogP contribution >= 0.6 is 19.2 Å².